The second kappa shape index (κ2) is 5.61. The van der Waals surface area contributed by atoms with Crippen LogP contribution in [0.3, 0.4) is 0 Å². The van der Waals surface area contributed by atoms with Gasteiger partial charge in [-0.25, -0.2) is 4.68 Å². The summed E-state index contributed by atoms with van der Waals surface area (Å²) in [5.74, 6) is 0. The number of thiophene rings is 1. The molecule has 6 heteroatoms. The van der Waals surface area contributed by atoms with E-state index in [1.54, 1.807) is 11.3 Å². The summed E-state index contributed by atoms with van der Waals surface area (Å²) in [6, 6.07) is 14.4. The minimum atomic E-state index is -0.350. The summed E-state index contributed by atoms with van der Waals surface area (Å²) >= 11 is 1.69. The Bertz CT molecular complexity index is 1140. The third-order valence-electron chi connectivity index (χ3n) is 5.68. The Hall–Kier alpha value is -2.28. The predicted octanol–water partition coefficient (Wildman–Crippen LogP) is 5.24. The molecule has 5 nitrogen and oxygen atoms in total. The van der Waals surface area contributed by atoms with Crippen molar-refractivity contribution in [1.29, 1.82) is 0 Å². The molecule has 2 aromatic heterocycles. The Morgan fingerprint density at radius 2 is 1.74 bits per heavy atom. The molecule has 1 aliphatic rings. The van der Waals surface area contributed by atoms with Crippen LogP contribution >= 0.6 is 11.3 Å². The van der Waals surface area contributed by atoms with E-state index in [1.165, 1.54) is 4.70 Å². The molecule has 4 aromatic rings. The summed E-state index contributed by atoms with van der Waals surface area (Å²) in [7, 11) is 0. The standard InChI is InChI=1S/C21H21N3O2S/c1-20(2)21(3,4)26-19(25-20)13-9-10-14-17(12-27-18(14)11-13)24-16-8-6-5-7-15(16)22-23-24/h5-12,19H,1-4H3. The van der Waals surface area contributed by atoms with Crippen LogP contribution in [0.5, 0.6) is 0 Å². The Morgan fingerprint density at radius 3 is 2.52 bits per heavy atom. The molecule has 27 heavy (non-hydrogen) atoms. The smallest absolute Gasteiger partial charge is 0.185 e. The highest BCUT2D eigenvalue weighted by molar-refractivity contribution is 7.17. The Balaban J connectivity index is 1.56. The molecule has 0 saturated carbocycles. The van der Waals surface area contributed by atoms with Gasteiger partial charge in [-0.2, -0.15) is 0 Å². The lowest BCUT2D eigenvalue weighted by atomic mass is 9.90. The molecule has 1 aliphatic heterocycles. The Kier molecular flexibility index (Phi) is 3.50. The van der Waals surface area contributed by atoms with Crippen LogP contribution in [-0.4, -0.2) is 26.2 Å². The maximum atomic E-state index is 6.19. The molecule has 1 fully saturated rings. The van der Waals surface area contributed by atoms with Crippen LogP contribution in [-0.2, 0) is 9.47 Å². The quantitative estimate of drug-likeness (QED) is 0.478. The summed E-state index contributed by atoms with van der Waals surface area (Å²) < 4.78 is 15.5. The van der Waals surface area contributed by atoms with Gasteiger partial charge in [0.05, 0.1) is 22.4 Å². The van der Waals surface area contributed by atoms with E-state index in [1.807, 2.05) is 28.9 Å². The molecule has 0 aliphatic carbocycles. The number of para-hydroxylation sites is 1. The van der Waals surface area contributed by atoms with Crippen LogP contribution in [0.4, 0.5) is 0 Å². The molecule has 138 valence electrons. The van der Waals surface area contributed by atoms with Crippen molar-refractivity contribution < 1.29 is 9.47 Å². The van der Waals surface area contributed by atoms with Gasteiger partial charge in [-0.05, 0) is 45.9 Å². The van der Waals surface area contributed by atoms with Gasteiger partial charge in [0.15, 0.2) is 6.29 Å². The van der Waals surface area contributed by atoms with E-state index in [2.05, 4.69) is 61.6 Å². The zero-order valence-electron chi connectivity index (χ0n) is 15.8. The third-order valence-corrected chi connectivity index (χ3v) is 6.62. The van der Waals surface area contributed by atoms with Crippen molar-refractivity contribution in [2.24, 2.45) is 0 Å². The van der Waals surface area contributed by atoms with Gasteiger partial charge in [0.25, 0.3) is 0 Å². The SMILES string of the molecule is CC1(C)OC(c2ccc3c(-n4nnc5ccccc54)csc3c2)OC1(C)C. The van der Waals surface area contributed by atoms with Crippen molar-refractivity contribution in [1.82, 2.24) is 15.0 Å². The van der Waals surface area contributed by atoms with Crippen LogP contribution in [0.15, 0.2) is 47.8 Å². The molecule has 0 spiro atoms. The van der Waals surface area contributed by atoms with Gasteiger partial charge >= 0.3 is 0 Å². The first-order chi connectivity index (χ1) is 12.9. The largest absolute Gasteiger partial charge is 0.339 e. The molecule has 0 atom stereocenters. The molecule has 5 rings (SSSR count). The molecule has 1 saturated heterocycles. The minimum Gasteiger partial charge on any atom is -0.339 e. The molecular formula is C21H21N3O2S. The van der Waals surface area contributed by atoms with Gasteiger partial charge in [0, 0.05) is 21.0 Å². The van der Waals surface area contributed by atoms with Crippen molar-refractivity contribution in [3.63, 3.8) is 0 Å². The van der Waals surface area contributed by atoms with Gasteiger partial charge in [-0.3, -0.25) is 0 Å². The highest BCUT2D eigenvalue weighted by atomic mass is 32.1. The van der Waals surface area contributed by atoms with Gasteiger partial charge in [0.2, 0.25) is 0 Å². The van der Waals surface area contributed by atoms with Crippen molar-refractivity contribution >= 4 is 32.5 Å². The molecule has 0 N–H and O–H groups in total. The molecule has 2 aromatic carbocycles. The average Bonchev–Trinajstić information content (AvgIpc) is 3.28. The zero-order valence-corrected chi connectivity index (χ0v) is 16.6. The number of benzene rings is 2. The fourth-order valence-electron chi connectivity index (χ4n) is 3.37. The average molecular weight is 379 g/mol. The highest BCUT2D eigenvalue weighted by Gasteiger charge is 2.49. The summed E-state index contributed by atoms with van der Waals surface area (Å²) in [6.45, 7) is 8.30. The second-order valence-corrected chi connectivity index (χ2v) is 8.87. The lowest BCUT2D eigenvalue weighted by molar-refractivity contribution is -0.0894. The Labute approximate surface area is 161 Å². The molecular weight excluding hydrogens is 358 g/mol. The maximum Gasteiger partial charge on any atom is 0.185 e. The Morgan fingerprint density at radius 1 is 1.00 bits per heavy atom. The van der Waals surface area contributed by atoms with Crippen molar-refractivity contribution in [2.45, 2.75) is 45.2 Å². The monoisotopic (exact) mass is 379 g/mol. The summed E-state index contributed by atoms with van der Waals surface area (Å²) in [4.78, 5) is 0. The maximum absolute atomic E-state index is 6.19. The molecule has 0 radical (unpaired) electrons. The van der Waals surface area contributed by atoms with E-state index in [9.17, 15) is 0 Å². The van der Waals surface area contributed by atoms with Crippen molar-refractivity contribution in [3.05, 3.63) is 53.4 Å². The van der Waals surface area contributed by atoms with Crippen LogP contribution in [0.2, 0.25) is 0 Å². The topological polar surface area (TPSA) is 49.2 Å². The van der Waals surface area contributed by atoms with Crippen molar-refractivity contribution in [2.75, 3.05) is 0 Å². The predicted molar refractivity (Wildman–Crippen MR) is 107 cm³/mol. The van der Waals surface area contributed by atoms with E-state index >= 15 is 0 Å². The number of fused-ring (bicyclic) bond motifs is 2. The van der Waals surface area contributed by atoms with E-state index in [0.717, 1.165) is 27.7 Å². The van der Waals surface area contributed by atoms with Gasteiger partial charge in [0.1, 0.15) is 5.52 Å². The van der Waals surface area contributed by atoms with E-state index in [-0.39, 0.29) is 17.5 Å². The third kappa shape index (κ3) is 2.51. The molecule has 3 heterocycles. The molecule has 0 bridgehead atoms. The minimum absolute atomic E-state index is 0.340. The first-order valence-electron chi connectivity index (χ1n) is 9.03. The number of ether oxygens (including phenoxy) is 2. The fourth-order valence-corrected chi connectivity index (χ4v) is 4.34. The number of nitrogens with zero attached hydrogens (tertiary/aromatic N) is 3. The normalized spacial score (nSPS) is 19.3. The van der Waals surface area contributed by atoms with Crippen molar-refractivity contribution in [3.8, 4) is 5.69 Å². The molecule has 0 unspecified atom stereocenters. The van der Waals surface area contributed by atoms with Gasteiger partial charge < -0.3 is 9.47 Å². The highest BCUT2D eigenvalue weighted by Crippen LogP contribution is 2.45. The summed E-state index contributed by atoms with van der Waals surface area (Å²) in [5.41, 5.74) is 3.31. The summed E-state index contributed by atoms with van der Waals surface area (Å²) in [6.07, 6.45) is -0.350. The van der Waals surface area contributed by atoms with Crippen LogP contribution in [0, 0.1) is 0 Å². The lowest BCUT2D eigenvalue weighted by Crippen LogP contribution is -2.41. The van der Waals surface area contributed by atoms with E-state index in [4.69, 9.17) is 9.47 Å². The van der Waals surface area contributed by atoms with Gasteiger partial charge in [-0.15, -0.1) is 16.4 Å². The number of hydrogen-bond donors (Lipinski definition) is 0. The van der Waals surface area contributed by atoms with Crippen LogP contribution in [0.25, 0.3) is 26.8 Å². The van der Waals surface area contributed by atoms with Crippen LogP contribution in [0.1, 0.15) is 39.5 Å². The second-order valence-electron chi connectivity index (χ2n) is 7.95. The number of aromatic nitrogens is 3. The number of hydrogen-bond acceptors (Lipinski definition) is 5. The fraction of sp³-hybridized carbons (Fsp3) is 0.333. The summed E-state index contributed by atoms with van der Waals surface area (Å²) in [5, 5.41) is 11.9. The van der Waals surface area contributed by atoms with E-state index in [0.29, 0.717) is 0 Å². The zero-order chi connectivity index (χ0) is 18.8. The van der Waals surface area contributed by atoms with Gasteiger partial charge in [-0.1, -0.05) is 29.5 Å². The molecule has 0 amide bonds. The van der Waals surface area contributed by atoms with Crippen LogP contribution < -0.4 is 0 Å². The van der Waals surface area contributed by atoms with E-state index < -0.39 is 0 Å². The first-order valence-corrected chi connectivity index (χ1v) is 9.91. The first kappa shape index (κ1) is 16.9. The lowest BCUT2D eigenvalue weighted by Gasteiger charge is -2.30. The number of rotatable bonds is 2.